The van der Waals surface area contributed by atoms with E-state index in [1.807, 2.05) is 20.8 Å². The van der Waals surface area contributed by atoms with Crippen molar-refractivity contribution in [3.05, 3.63) is 11.7 Å². The maximum Gasteiger partial charge on any atom is 0.318 e. The standard InChI is InChI=1S/C12H20N2O4/c1-6-8(10(15)17-7-2)9-13-11(14-18-9)12(3,4)16-5/h8H,6-7H2,1-5H3. The molecular formula is C12H20N2O4. The summed E-state index contributed by atoms with van der Waals surface area (Å²) in [5.74, 6) is -0.164. The molecule has 18 heavy (non-hydrogen) atoms. The molecule has 6 nitrogen and oxygen atoms in total. The third kappa shape index (κ3) is 3.07. The van der Waals surface area contributed by atoms with Crippen molar-refractivity contribution < 1.29 is 18.8 Å². The van der Waals surface area contributed by atoms with Crippen molar-refractivity contribution in [3.8, 4) is 0 Å². The largest absolute Gasteiger partial charge is 0.465 e. The van der Waals surface area contributed by atoms with Crippen molar-refractivity contribution in [1.82, 2.24) is 10.1 Å². The highest BCUT2D eigenvalue weighted by Gasteiger charge is 2.31. The molecular weight excluding hydrogens is 236 g/mol. The van der Waals surface area contributed by atoms with Gasteiger partial charge in [-0.3, -0.25) is 4.79 Å². The summed E-state index contributed by atoms with van der Waals surface area (Å²) in [6.07, 6.45) is 0.549. The maximum absolute atomic E-state index is 11.7. The Balaban J connectivity index is 2.92. The number of aromatic nitrogens is 2. The van der Waals surface area contributed by atoms with Gasteiger partial charge in [-0.25, -0.2) is 0 Å². The monoisotopic (exact) mass is 256 g/mol. The number of hydrogen-bond donors (Lipinski definition) is 0. The van der Waals surface area contributed by atoms with Crippen LogP contribution in [0.3, 0.4) is 0 Å². The number of carbonyl (C=O) groups is 1. The van der Waals surface area contributed by atoms with Gasteiger partial charge in [-0.05, 0) is 27.2 Å². The van der Waals surface area contributed by atoms with E-state index >= 15 is 0 Å². The van der Waals surface area contributed by atoms with E-state index in [4.69, 9.17) is 14.0 Å². The van der Waals surface area contributed by atoms with Crippen LogP contribution in [0.1, 0.15) is 51.7 Å². The smallest absolute Gasteiger partial charge is 0.318 e. The van der Waals surface area contributed by atoms with Crippen LogP contribution in [0.15, 0.2) is 4.52 Å². The summed E-state index contributed by atoms with van der Waals surface area (Å²) in [7, 11) is 1.57. The Labute approximate surface area is 107 Å². The molecule has 0 amide bonds. The third-order valence-corrected chi connectivity index (χ3v) is 2.77. The number of carbonyl (C=O) groups excluding carboxylic acids is 1. The van der Waals surface area contributed by atoms with Gasteiger partial charge in [0.1, 0.15) is 11.5 Å². The van der Waals surface area contributed by atoms with Gasteiger partial charge in [0.05, 0.1) is 6.61 Å². The molecule has 1 rings (SSSR count). The van der Waals surface area contributed by atoms with Gasteiger partial charge >= 0.3 is 5.97 Å². The molecule has 0 saturated heterocycles. The zero-order valence-corrected chi connectivity index (χ0v) is 11.5. The van der Waals surface area contributed by atoms with Crippen LogP contribution in [-0.4, -0.2) is 29.8 Å². The highest BCUT2D eigenvalue weighted by molar-refractivity contribution is 5.76. The summed E-state index contributed by atoms with van der Waals surface area (Å²) in [4.78, 5) is 15.9. The topological polar surface area (TPSA) is 74.5 Å². The number of nitrogens with zero attached hydrogens (tertiary/aromatic N) is 2. The van der Waals surface area contributed by atoms with E-state index < -0.39 is 11.5 Å². The van der Waals surface area contributed by atoms with Gasteiger partial charge in [-0.15, -0.1) is 0 Å². The molecule has 102 valence electrons. The van der Waals surface area contributed by atoms with E-state index in [9.17, 15) is 4.79 Å². The van der Waals surface area contributed by atoms with Gasteiger partial charge in [-0.1, -0.05) is 12.1 Å². The average Bonchev–Trinajstić information content (AvgIpc) is 2.80. The lowest BCUT2D eigenvalue weighted by atomic mass is 10.1. The lowest BCUT2D eigenvalue weighted by Crippen LogP contribution is -2.22. The first-order chi connectivity index (χ1) is 8.46. The molecule has 6 heteroatoms. The minimum Gasteiger partial charge on any atom is -0.465 e. The van der Waals surface area contributed by atoms with Gasteiger partial charge in [0.2, 0.25) is 11.7 Å². The van der Waals surface area contributed by atoms with Gasteiger partial charge in [-0.2, -0.15) is 4.98 Å². The second-order valence-electron chi connectivity index (χ2n) is 4.38. The molecule has 0 saturated carbocycles. The van der Waals surface area contributed by atoms with Gasteiger partial charge in [0, 0.05) is 7.11 Å². The number of rotatable bonds is 6. The first-order valence-electron chi connectivity index (χ1n) is 6.02. The van der Waals surface area contributed by atoms with Crippen LogP contribution < -0.4 is 0 Å². The fourth-order valence-electron chi connectivity index (χ4n) is 1.40. The first-order valence-corrected chi connectivity index (χ1v) is 6.02. The van der Waals surface area contributed by atoms with Gasteiger partial charge in [0.15, 0.2) is 0 Å². The summed E-state index contributed by atoms with van der Waals surface area (Å²) in [5.41, 5.74) is -0.644. The Bertz CT molecular complexity index is 401. The average molecular weight is 256 g/mol. The van der Waals surface area contributed by atoms with Crippen LogP contribution >= 0.6 is 0 Å². The molecule has 1 atom stereocenters. The number of hydrogen-bond acceptors (Lipinski definition) is 6. The second kappa shape index (κ2) is 5.95. The summed E-state index contributed by atoms with van der Waals surface area (Å²) in [6.45, 7) is 7.62. The quantitative estimate of drug-likeness (QED) is 0.725. The summed E-state index contributed by atoms with van der Waals surface area (Å²) >= 11 is 0. The summed E-state index contributed by atoms with van der Waals surface area (Å²) in [6, 6.07) is 0. The number of methoxy groups -OCH3 is 1. The zero-order chi connectivity index (χ0) is 13.8. The van der Waals surface area contributed by atoms with E-state index in [0.29, 0.717) is 18.9 Å². The fourth-order valence-corrected chi connectivity index (χ4v) is 1.40. The van der Waals surface area contributed by atoms with E-state index in [0.717, 1.165) is 0 Å². The highest BCUT2D eigenvalue weighted by Crippen LogP contribution is 2.25. The minimum absolute atomic E-state index is 0.274. The van der Waals surface area contributed by atoms with Crippen LogP contribution in [0.25, 0.3) is 0 Å². The molecule has 1 aromatic rings. The Hall–Kier alpha value is -1.43. The van der Waals surface area contributed by atoms with Crippen LogP contribution in [-0.2, 0) is 19.9 Å². The first kappa shape index (κ1) is 14.6. The predicted molar refractivity (Wildman–Crippen MR) is 64.0 cm³/mol. The Morgan fingerprint density at radius 2 is 2.11 bits per heavy atom. The molecule has 0 aliphatic heterocycles. The van der Waals surface area contributed by atoms with Crippen molar-refractivity contribution >= 4 is 5.97 Å². The Kier molecular flexibility index (Phi) is 4.84. The Morgan fingerprint density at radius 1 is 1.44 bits per heavy atom. The molecule has 0 N–H and O–H groups in total. The summed E-state index contributed by atoms with van der Waals surface area (Å²) < 4.78 is 15.4. The Morgan fingerprint density at radius 3 is 2.61 bits per heavy atom. The molecule has 0 aliphatic rings. The molecule has 0 fully saturated rings. The van der Waals surface area contributed by atoms with Crippen molar-refractivity contribution in [3.63, 3.8) is 0 Å². The van der Waals surface area contributed by atoms with E-state index in [-0.39, 0.29) is 11.9 Å². The molecule has 1 unspecified atom stereocenters. The fraction of sp³-hybridized carbons (Fsp3) is 0.750. The van der Waals surface area contributed by atoms with Crippen molar-refractivity contribution in [2.75, 3.05) is 13.7 Å². The molecule has 0 radical (unpaired) electrons. The predicted octanol–water partition coefficient (Wildman–Crippen LogP) is 2.01. The van der Waals surface area contributed by atoms with Gasteiger partial charge in [0.25, 0.3) is 0 Å². The summed E-state index contributed by atoms with van der Waals surface area (Å²) in [5, 5.41) is 3.85. The molecule has 0 bridgehead atoms. The third-order valence-electron chi connectivity index (χ3n) is 2.77. The molecule has 0 aliphatic carbocycles. The lowest BCUT2D eigenvalue weighted by molar-refractivity contribution is -0.145. The van der Waals surface area contributed by atoms with Crippen molar-refractivity contribution in [1.29, 1.82) is 0 Å². The molecule has 1 aromatic heterocycles. The molecule has 1 heterocycles. The lowest BCUT2D eigenvalue weighted by Gasteiger charge is -2.17. The van der Waals surface area contributed by atoms with E-state index in [1.54, 1.807) is 14.0 Å². The molecule has 0 aromatic carbocycles. The normalized spacial score (nSPS) is 13.4. The highest BCUT2D eigenvalue weighted by atomic mass is 16.5. The second-order valence-corrected chi connectivity index (χ2v) is 4.38. The molecule has 0 spiro atoms. The van der Waals surface area contributed by atoms with Gasteiger partial charge < -0.3 is 14.0 Å². The number of esters is 1. The minimum atomic E-state index is -0.644. The van der Waals surface area contributed by atoms with Crippen LogP contribution in [0.4, 0.5) is 0 Å². The van der Waals surface area contributed by atoms with Crippen LogP contribution in [0.5, 0.6) is 0 Å². The van der Waals surface area contributed by atoms with E-state index in [2.05, 4.69) is 10.1 Å². The maximum atomic E-state index is 11.7. The van der Waals surface area contributed by atoms with Crippen LogP contribution in [0, 0.1) is 0 Å². The SMILES string of the molecule is CCOC(=O)C(CC)c1nc(C(C)(C)OC)no1. The number of ether oxygens (including phenoxy) is 2. The van der Waals surface area contributed by atoms with E-state index in [1.165, 1.54) is 0 Å². The van der Waals surface area contributed by atoms with Crippen molar-refractivity contribution in [2.24, 2.45) is 0 Å². The zero-order valence-electron chi connectivity index (χ0n) is 11.5. The van der Waals surface area contributed by atoms with Crippen LogP contribution in [0.2, 0.25) is 0 Å². The van der Waals surface area contributed by atoms with Crippen molar-refractivity contribution in [2.45, 2.75) is 45.6 Å².